The predicted molar refractivity (Wildman–Crippen MR) is 114 cm³/mol. The number of nitrogens with one attached hydrogen (secondary N) is 1. The Morgan fingerprint density at radius 2 is 1.96 bits per heavy atom. The molecule has 4 aromatic rings. The van der Waals surface area contributed by atoms with Crippen LogP contribution in [0, 0.1) is 0 Å². The topological polar surface area (TPSA) is 67.9 Å². The Labute approximate surface area is 169 Å². The third kappa shape index (κ3) is 2.93. The van der Waals surface area contributed by atoms with Crippen LogP contribution in [-0.4, -0.2) is 28.2 Å². The molecule has 1 aromatic carbocycles. The average molecular weight is 436 g/mol. The average Bonchev–Trinajstić information content (AvgIpc) is 2.74. The van der Waals surface area contributed by atoms with Gasteiger partial charge in [0, 0.05) is 46.9 Å². The summed E-state index contributed by atoms with van der Waals surface area (Å²) >= 11 is 3.56. The number of benzene rings is 1. The molecular formula is C22H18BrN3O2. The summed E-state index contributed by atoms with van der Waals surface area (Å²) in [6.45, 7) is 1.48. The van der Waals surface area contributed by atoms with Crippen molar-refractivity contribution in [2.75, 3.05) is 13.2 Å². The highest BCUT2D eigenvalue weighted by molar-refractivity contribution is 9.10. The molecule has 1 aliphatic heterocycles. The largest absolute Gasteiger partial charge is 0.381 e. The lowest BCUT2D eigenvalue weighted by atomic mass is 9.91. The highest BCUT2D eigenvalue weighted by Gasteiger charge is 2.23. The number of hydrogen-bond acceptors (Lipinski definition) is 4. The van der Waals surface area contributed by atoms with Gasteiger partial charge >= 0.3 is 0 Å². The Kier molecular flexibility index (Phi) is 4.45. The SMILES string of the molecule is O=c1[nH]cc(-c2ccccn2)c2nc(C3CCOCC3)c3ccc(Br)cc3c12. The van der Waals surface area contributed by atoms with Crippen molar-refractivity contribution in [3.05, 3.63) is 69.3 Å². The quantitative estimate of drug-likeness (QED) is 0.459. The first-order valence-electron chi connectivity index (χ1n) is 9.36. The minimum absolute atomic E-state index is 0.135. The maximum atomic E-state index is 12.8. The molecule has 0 aliphatic carbocycles. The molecule has 5 rings (SSSR count). The van der Waals surface area contributed by atoms with Crippen LogP contribution in [0.15, 0.2) is 58.1 Å². The summed E-state index contributed by atoms with van der Waals surface area (Å²) in [7, 11) is 0. The minimum Gasteiger partial charge on any atom is -0.381 e. The zero-order chi connectivity index (χ0) is 19.1. The van der Waals surface area contributed by atoms with Crippen LogP contribution in [0.25, 0.3) is 32.9 Å². The van der Waals surface area contributed by atoms with Crippen LogP contribution in [-0.2, 0) is 4.74 Å². The number of halogens is 1. The highest BCUT2D eigenvalue weighted by atomic mass is 79.9. The summed E-state index contributed by atoms with van der Waals surface area (Å²) in [4.78, 5) is 25.2. The number of ether oxygens (including phenoxy) is 1. The van der Waals surface area contributed by atoms with Gasteiger partial charge in [0.2, 0.25) is 0 Å². The van der Waals surface area contributed by atoms with Crippen LogP contribution in [0.5, 0.6) is 0 Å². The van der Waals surface area contributed by atoms with Crippen molar-refractivity contribution in [1.82, 2.24) is 15.0 Å². The number of H-pyrrole nitrogens is 1. The van der Waals surface area contributed by atoms with E-state index in [-0.39, 0.29) is 5.56 Å². The Balaban J connectivity index is 1.90. The Hall–Kier alpha value is -2.57. The molecule has 28 heavy (non-hydrogen) atoms. The van der Waals surface area contributed by atoms with Crippen molar-refractivity contribution in [2.24, 2.45) is 0 Å². The summed E-state index contributed by atoms with van der Waals surface area (Å²) in [6.07, 6.45) is 5.35. The van der Waals surface area contributed by atoms with E-state index in [1.54, 1.807) is 12.4 Å². The van der Waals surface area contributed by atoms with Gasteiger partial charge in [-0.1, -0.05) is 28.1 Å². The molecule has 0 spiro atoms. The summed E-state index contributed by atoms with van der Waals surface area (Å²) < 4.78 is 6.49. The van der Waals surface area contributed by atoms with Gasteiger partial charge in [0.15, 0.2) is 0 Å². The van der Waals surface area contributed by atoms with E-state index < -0.39 is 0 Å². The van der Waals surface area contributed by atoms with E-state index in [0.717, 1.165) is 58.3 Å². The molecule has 5 nitrogen and oxygen atoms in total. The molecule has 3 aromatic heterocycles. The third-order valence-corrected chi connectivity index (χ3v) is 5.87. The van der Waals surface area contributed by atoms with E-state index in [4.69, 9.17) is 9.72 Å². The molecule has 1 aliphatic rings. The summed E-state index contributed by atoms with van der Waals surface area (Å²) in [5.74, 6) is 0.317. The zero-order valence-electron chi connectivity index (χ0n) is 15.1. The van der Waals surface area contributed by atoms with Gasteiger partial charge in [0.1, 0.15) is 0 Å². The summed E-state index contributed by atoms with van der Waals surface area (Å²) in [6, 6.07) is 11.8. The van der Waals surface area contributed by atoms with Gasteiger partial charge in [-0.15, -0.1) is 0 Å². The number of aromatic amines is 1. The zero-order valence-corrected chi connectivity index (χ0v) is 16.7. The molecule has 6 heteroatoms. The second-order valence-corrected chi connectivity index (χ2v) is 7.96. The molecule has 1 N–H and O–H groups in total. The third-order valence-electron chi connectivity index (χ3n) is 5.37. The molecule has 0 radical (unpaired) electrons. The van der Waals surface area contributed by atoms with Crippen molar-refractivity contribution in [2.45, 2.75) is 18.8 Å². The number of fused-ring (bicyclic) bond motifs is 3. The molecule has 0 unspecified atom stereocenters. The molecule has 4 heterocycles. The molecule has 0 amide bonds. The Morgan fingerprint density at radius 1 is 1.11 bits per heavy atom. The fourth-order valence-corrected chi connectivity index (χ4v) is 4.37. The van der Waals surface area contributed by atoms with Gasteiger partial charge in [-0.2, -0.15) is 0 Å². The lowest BCUT2D eigenvalue weighted by Crippen LogP contribution is -2.17. The first-order chi connectivity index (χ1) is 13.7. The molecule has 0 saturated carbocycles. The van der Waals surface area contributed by atoms with Crippen molar-refractivity contribution < 1.29 is 4.74 Å². The lowest BCUT2D eigenvalue weighted by Gasteiger charge is -2.23. The van der Waals surface area contributed by atoms with E-state index >= 15 is 0 Å². The van der Waals surface area contributed by atoms with Gasteiger partial charge in [0.05, 0.1) is 22.3 Å². The smallest absolute Gasteiger partial charge is 0.258 e. The van der Waals surface area contributed by atoms with Gasteiger partial charge in [-0.05, 0) is 42.5 Å². The first-order valence-corrected chi connectivity index (χ1v) is 10.2. The number of rotatable bonds is 2. The summed E-state index contributed by atoms with van der Waals surface area (Å²) in [5.41, 5.74) is 3.24. The van der Waals surface area contributed by atoms with Crippen LogP contribution in [0.4, 0.5) is 0 Å². The van der Waals surface area contributed by atoms with E-state index in [0.29, 0.717) is 16.8 Å². The lowest BCUT2D eigenvalue weighted by molar-refractivity contribution is 0.0849. The highest BCUT2D eigenvalue weighted by Crippen LogP contribution is 2.37. The standard InChI is InChI=1S/C22H18BrN3O2/c23-14-4-5-15-16(11-14)19-21(26-20(15)13-6-9-28-10-7-13)17(12-25-22(19)27)18-3-1-2-8-24-18/h1-5,8,11-13H,6-7,9-10H2,(H,25,27). The normalized spacial score (nSPS) is 15.3. The molecule has 0 atom stereocenters. The number of nitrogens with zero attached hydrogens (tertiary/aromatic N) is 2. The predicted octanol–water partition coefficient (Wildman–Crippen LogP) is 4.79. The van der Waals surface area contributed by atoms with Crippen molar-refractivity contribution in [3.8, 4) is 11.3 Å². The number of aromatic nitrogens is 3. The monoisotopic (exact) mass is 435 g/mol. The maximum Gasteiger partial charge on any atom is 0.258 e. The molecule has 1 fully saturated rings. The van der Waals surface area contributed by atoms with Crippen molar-refractivity contribution >= 4 is 37.6 Å². The first kappa shape index (κ1) is 17.5. The van der Waals surface area contributed by atoms with Crippen LogP contribution < -0.4 is 5.56 Å². The fraction of sp³-hybridized carbons (Fsp3) is 0.227. The van der Waals surface area contributed by atoms with Crippen LogP contribution in [0.3, 0.4) is 0 Å². The number of hydrogen-bond donors (Lipinski definition) is 1. The Bertz CT molecular complexity index is 1230. The second kappa shape index (κ2) is 7.11. The van der Waals surface area contributed by atoms with E-state index in [9.17, 15) is 4.79 Å². The van der Waals surface area contributed by atoms with Crippen LogP contribution in [0.2, 0.25) is 0 Å². The van der Waals surface area contributed by atoms with Gasteiger partial charge in [-0.3, -0.25) is 14.8 Å². The maximum absolute atomic E-state index is 12.8. The van der Waals surface area contributed by atoms with E-state index in [2.05, 4.69) is 32.0 Å². The van der Waals surface area contributed by atoms with E-state index in [1.807, 2.05) is 30.3 Å². The fourth-order valence-electron chi connectivity index (χ4n) is 4.01. The van der Waals surface area contributed by atoms with Gasteiger partial charge in [-0.25, -0.2) is 0 Å². The van der Waals surface area contributed by atoms with E-state index in [1.165, 1.54) is 0 Å². The molecule has 1 saturated heterocycles. The van der Waals surface area contributed by atoms with Crippen LogP contribution >= 0.6 is 15.9 Å². The van der Waals surface area contributed by atoms with Gasteiger partial charge in [0.25, 0.3) is 5.56 Å². The molecule has 140 valence electrons. The number of pyridine rings is 3. The summed E-state index contributed by atoms with van der Waals surface area (Å²) in [5, 5.41) is 2.56. The second-order valence-electron chi connectivity index (χ2n) is 7.04. The van der Waals surface area contributed by atoms with Gasteiger partial charge < -0.3 is 9.72 Å². The molecular weight excluding hydrogens is 418 g/mol. The van der Waals surface area contributed by atoms with Crippen molar-refractivity contribution in [3.63, 3.8) is 0 Å². The Morgan fingerprint density at radius 3 is 2.75 bits per heavy atom. The minimum atomic E-state index is -0.135. The van der Waals surface area contributed by atoms with Crippen LogP contribution in [0.1, 0.15) is 24.5 Å². The van der Waals surface area contributed by atoms with Crippen molar-refractivity contribution in [1.29, 1.82) is 0 Å². The molecule has 0 bridgehead atoms.